The second-order valence-electron chi connectivity index (χ2n) is 5.28. The summed E-state index contributed by atoms with van der Waals surface area (Å²) in [5, 5.41) is 11.8. The lowest BCUT2D eigenvalue weighted by atomic mass is 10.1. The quantitative estimate of drug-likeness (QED) is 0.786. The molecule has 3 rings (SSSR count). The number of hydrogen-bond donors (Lipinski definition) is 1. The normalized spacial score (nSPS) is 19.2. The third kappa shape index (κ3) is 2.85. The van der Waals surface area contributed by atoms with Gasteiger partial charge in [-0.1, -0.05) is 11.8 Å². The van der Waals surface area contributed by atoms with Gasteiger partial charge in [-0.3, -0.25) is 4.79 Å². The van der Waals surface area contributed by atoms with E-state index in [1.807, 2.05) is 11.6 Å². The largest absolute Gasteiger partial charge is 0.352 e. The fourth-order valence-corrected chi connectivity index (χ4v) is 2.99. The number of carbonyl (C=O) groups excluding carboxylic acids is 1. The van der Waals surface area contributed by atoms with Gasteiger partial charge in [0.05, 0.1) is 5.75 Å². The molecule has 2 aliphatic rings. The maximum atomic E-state index is 11.9. The number of amides is 1. The van der Waals surface area contributed by atoms with Crippen LogP contribution >= 0.6 is 11.8 Å². The van der Waals surface area contributed by atoms with Crippen LogP contribution < -0.4 is 5.32 Å². The Kier molecular flexibility index (Phi) is 3.28. The summed E-state index contributed by atoms with van der Waals surface area (Å²) in [6.45, 7) is 0. The molecule has 1 N–H and O–H groups in total. The molecule has 6 heteroatoms. The maximum Gasteiger partial charge on any atom is 0.230 e. The highest BCUT2D eigenvalue weighted by Crippen LogP contribution is 2.44. The number of nitrogens with one attached hydrogen (secondary N) is 1. The first-order valence-electron chi connectivity index (χ1n) is 6.50. The minimum Gasteiger partial charge on any atom is -0.352 e. The first-order valence-corrected chi connectivity index (χ1v) is 7.49. The minimum absolute atomic E-state index is 0.131. The van der Waals surface area contributed by atoms with Crippen LogP contribution in [-0.2, 0) is 11.8 Å². The molecule has 2 saturated carbocycles. The van der Waals surface area contributed by atoms with E-state index < -0.39 is 0 Å². The van der Waals surface area contributed by atoms with Gasteiger partial charge in [-0.15, -0.1) is 10.2 Å². The number of hydrogen-bond acceptors (Lipinski definition) is 4. The van der Waals surface area contributed by atoms with Crippen LogP contribution in [0.2, 0.25) is 0 Å². The smallest absolute Gasteiger partial charge is 0.230 e. The Hall–Kier alpha value is -1.04. The second kappa shape index (κ2) is 4.91. The molecular weight excluding hydrogens is 248 g/mol. The van der Waals surface area contributed by atoms with Gasteiger partial charge >= 0.3 is 0 Å². The van der Waals surface area contributed by atoms with Crippen LogP contribution in [0.15, 0.2) is 11.5 Å². The number of aryl methyl sites for hydroxylation is 1. The second-order valence-corrected chi connectivity index (χ2v) is 6.22. The molecule has 1 aromatic rings. The number of rotatable bonds is 6. The minimum atomic E-state index is 0.131. The Labute approximate surface area is 111 Å². The van der Waals surface area contributed by atoms with Gasteiger partial charge < -0.3 is 9.88 Å². The molecule has 0 atom stereocenters. The highest BCUT2D eigenvalue weighted by Gasteiger charge is 2.42. The molecule has 5 nitrogen and oxygen atoms in total. The van der Waals surface area contributed by atoms with Crippen molar-refractivity contribution in [2.24, 2.45) is 18.9 Å². The molecule has 0 radical (unpaired) electrons. The van der Waals surface area contributed by atoms with Gasteiger partial charge in [0.15, 0.2) is 5.16 Å². The predicted octanol–water partition coefficient (Wildman–Crippen LogP) is 1.21. The lowest BCUT2D eigenvalue weighted by Gasteiger charge is -2.17. The molecule has 1 amide bonds. The van der Waals surface area contributed by atoms with Crippen LogP contribution in [0.4, 0.5) is 0 Å². The Balaban J connectivity index is 1.47. The molecule has 1 heterocycles. The molecule has 2 fully saturated rings. The Morgan fingerprint density at radius 1 is 1.50 bits per heavy atom. The van der Waals surface area contributed by atoms with E-state index >= 15 is 0 Å². The van der Waals surface area contributed by atoms with E-state index in [1.54, 1.807) is 6.33 Å². The van der Waals surface area contributed by atoms with Crippen molar-refractivity contribution < 1.29 is 4.79 Å². The van der Waals surface area contributed by atoms with Gasteiger partial charge in [-0.2, -0.15) is 0 Å². The Morgan fingerprint density at radius 3 is 2.67 bits per heavy atom. The van der Waals surface area contributed by atoms with Crippen LogP contribution in [0.25, 0.3) is 0 Å². The third-order valence-corrected chi connectivity index (χ3v) is 4.62. The highest BCUT2D eigenvalue weighted by atomic mass is 32.2. The van der Waals surface area contributed by atoms with E-state index in [-0.39, 0.29) is 5.91 Å². The number of thioether (sulfide) groups is 1. The lowest BCUT2D eigenvalue weighted by molar-refractivity contribution is -0.119. The zero-order valence-electron chi connectivity index (χ0n) is 10.5. The summed E-state index contributed by atoms with van der Waals surface area (Å²) < 4.78 is 1.83. The monoisotopic (exact) mass is 266 g/mol. The van der Waals surface area contributed by atoms with Crippen molar-refractivity contribution >= 4 is 17.7 Å². The molecule has 0 saturated heterocycles. The van der Waals surface area contributed by atoms with Gasteiger partial charge in [0.25, 0.3) is 0 Å². The average molecular weight is 266 g/mol. The van der Waals surface area contributed by atoms with Gasteiger partial charge in [0.1, 0.15) is 6.33 Å². The molecule has 18 heavy (non-hydrogen) atoms. The lowest BCUT2D eigenvalue weighted by Crippen LogP contribution is -2.39. The van der Waals surface area contributed by atoms with E-state index in [1.165, 1.54) is 37.4 Å². The van der Waals surface area contributed by atoms with Gasteiger partial charge in [0, 0.05) is 13.1 Å². The van der Waals surface area contributed by atoms with Gasteiger partial charge in [0.2, 0.25) is 5.91 Å². The van der Waals surface area contributed by atoms with E-state index in [2.05, 4.69) is 15.5 Å². The average Bonchev–Trinajstić information content (AvgIpc) is 3.24. The van der Waals surface area contributed by atoms with Crippen LogP contribution in [-0.4, -0.2) is 32.5 Å². The van der Waals surface area contributed by atoms with Crippen LogP contribution in [0.3, 0.4) is 0 Å². The first kappa shape index (κ1) is 12.0. The van der Waals surface area contributed by atoms with Crippen LogP contribution in [0.1, 0.15) is 25.7 Å². The number of aromatic nitrogens is 3. The SMILES string of the molecule is Cn1cnnc1SCC(=O)NC(C1CC1)C1CC1. The molecule has 0 aliphatic heterocycles. The van der Waals surface area contributed by atoms with Crippen LogP contribution in [0.5, 0.6) is 0 Å². The molecule has 0 unspecified atom stereocenters. The predicted molar refractivity (Wildman–Crippen MR) is 69.1 cm³/mol. The van der Waals surface area contributed by atoms with Gasteiger partial charge in [-0.05, 0) is 37.5 Å². The topological polar surface area (TPSA) is 59.8 Å². The summed E-state index contributed by atoms with van der Waals surface area (Å²) in [7, 11) is 1.89. The maximum absolute atomic E-state index is 11.9. The van der Waals surface area contributed by atoms with Crippen molar-refractivity contribution in [1.29, 1.82) is 0 Å². The summed E-state index contributed by atoms with van der Waals surface area (Å²) in [6.07, 6.45) is 6.81. The Morgan fingerprint density at radius 2 is 2.17 bits per heavy atom. The molecule has 0 aromatic carbocycles. The van der Waals surface area contributed by atoms with Crippen LogP contribution in [0, 0.1) is 11.8 Å². The summed E-state index contributed by atoms with van der Waals surface area (Å²) in [5.41, 5.74) is 0. The van der Waals surface area contributed by atoms with E-state index in [0.29, 0.717) is 11.8 Å². The molecule has 1 aromatic heterocycles. The molecule has 0 spiro atoms. The van der Waals surface area contributed by atoms with Crippen molar-refractivity contribution in [1.82, 2.24) is 20.1 Å². The van der Waals surface area contributed by atoms with Gasteiger partial charge in [-0.25, -0.2) is 0 Å². The Bertz CT molecular complexity index is 427. The molecular formula is C12H18N4OS. The highest BCUT2D eigenvalue weighted by molar-refractivity contribution is 7.99. The zero-order valence-corrected chi connectivity index (χ0v) is 11.3. The summed E-state index contributed by atoms with van der Waals surface area (Å²) in [5.74, 6) is 2.07. The first-order chi connectivity index (χ1) is 8.74. The molecule has 2 aliphatic carbocycles. The van der Waals surface area contributed by atoms with Crippen molar-refractivity contribution in [3.05, 3.63) is 6.33 Å². The summed E-state index contributed by atoms with van der Waals surface area (Å²) in [4.78, 5) is 11.9. The van der Waals surface area contributed by atoms with Crippen molar-refractivity contribution in [2.75, 3.05) is 5.75 Å². The number of nitrogens with zero attached hydrogens (tertiary/aromatic N) is 3. The summed E-state index contributed by atoms with van der Waals surface area (Å²) in [6, 6.07) is 0.442. The zero-order chi connectivity index (χ0) is 12.5. The van der Waals surface area contributed by atoms with E-state index in [4.69, 9.17) is 0 Å². The fraction of sp³-hybridized carbons (Fsp3) is 0.750. The van der Waals surface area contributed by atoms with E-state index in [0.717, 1.165) is 17.0 Å². The van der Waals surface area contributed by atoms with E-state index in [9.17, 15) is 4.79 Å². The standard InChI is InChI=1S/C12H18N4OS/c1-16-7-13-15-12(16)18-6-10(17)14-11(8-2-3-8)9-4-5-9/h7-9,11H,2-6H2,1H3,(H,14,17). The number of carbonyl (C=O) groups is 1. The van der Waals surface area contributed by atoms with Crippen molar-refractivity contribution in [3.8, 4) is 0 Å². The molecule has 0 bridgehead atoms. The van der Waals surface area contributed by atoms with Crippen molar-refractivity contribution in [3.63, 3.8) is 0 Å². The molecule has 98 valence electrons. The van der Waals surface area contributed by atoms with Crippen molar-refractivity contribution in [2.45, 2.75) is 36.9 Å². The fourth-order valence-electron chi connectivity index (χ4n) is 2.29. The third-order valence-electron chi connectivity index (χ3n) is 3.59. The summed E-state index contributed by atoms with van der Waals surface area (Å²) >= 11 is 1.45.